The fourth-order valence-corrected chi connectivity index (χ4v) is 2.29. The molecule has 0 saturated heterocycles. The van der Waals surface area contributed by atoms with Crippen molar-refractivity contribution in [3.63, 3.8) is 0 Å². The minimum atomic E-state index is -0.203. The maximum atomic E-state index is 11.4. The SMILES string of the molecule is NC(Cn1cccnc1=O)C1CCCC1. The Morgan fingerprint density at radius 3 is 2.93 bits per heavy atom. The van der Waals surface area contributed by atoms with E-state index in [1.54, 1.807) is 16.8 Å². The lowest BCUT2D eigenvalue weighted by Crippen LogP contribution is -2.37. The summed E-state index contributed by atoms with van der Waals surface area (Å²) in [5.74, 6) is 0.581. The van der Waals surface area contributed by atoms with Gasteiger partial charge in [-0.15, -0.1) is 0 Å². The number of hydrogen-bond donors (Lipinski definition) is 1. The molecule has 0 aliphatic heterocycles. The van der Waals surface area contributed by atoms with E-state index < -0.39 is 0 Å². The monoisotopic (exact) mass is 207 g/mol. The van der Waals surface area contributed by atoms with Crippen LogP contribution in [0.2, 0.25) is 0 Å². The molecule has 1 atom stereocenters. The number of rotatable bonds is 3. The van der Waals surface area contributed by atoms with Gasteiger partial charge in [-0.3, -0.25) is 4.57 Å². The van der Waals surface area contributed by atoms with E-state index in [1.807, 2.05) is 0 Å². The van der Waals surface area contributed by atoms with Crippen LogP contribution in [0.15, 0.2) is 23.3 Å². The fraction of sp³-hybridized carbons (Fsp3) is 0.636. The summed E-state index contributed by atoms with van der Waals surface area (Å²) < 4.78 is 1.60. The second-order valence-electron chi connectivity index (χ2n) is 4.26. The molecule has 2 rings (SSSR count). The van der Waals surface area contributed by atoms with Gasteiger partial charge in [0.25, 0.3) is 0 Å². The van der Waals surface area contributed by atoms with Crippen molar-refractivity contribution in [2.45, 2.75) is 38.3 Å². The molecule has 0 bridgehead atoms. The second kappa shape index (κ2) is 4.57. The number of hydrogen-bond acceptors (Lipinski definition) is 3. The van der Waals surface area contributed by atoms with Crippen molar-refractivity contribution in [2.75, 3.05) is 0 Å². The van der Waals surface area contributed by atoms with Crippen molar-refractivity contribution in [2.24, 2.45) is 11.7 Å². The van der Waals surface area contributed by atoms with Crippen molar-refractivity contribution in [3.8, 4) is 0 Å². The van der Waals surface area contributed by atoms with E-state index in [4.69, 9.17) is 5.73 Å². The van der Waals surface area contributed by atoms with Crippen LogP contribution in [-0.2, 0) is 6.54 Å². The third-order valence-corrected chi connectivity index (χ3v) is 3.20. The predicted molar refractivity (Wildman–Crippen MR) is 58.4 cm³/mol. The maximum Gasteiger partial charge on any atom is 0.347 e. The van der Waals surface area contributed by atoms with E-state index in [2.05, 4.69) is 4.98 Å². The van der Waals surface area contributed by atoms with E-state index in [1.165, 1.54) is 31.9 Å². The minimum absolute atomic E-state index is 0.0920. The molecular weight excluding hydrogens is 190 g/mol. The Hall–Kier alpha value is -1.16. The van der Waals surface area contributed by atoms with Crippen LogP contribution in [0.25, 0.3) is 0 Å². The zero-order valence-corrected chi connectivity index (χ0v) is 8.80. The van der Waals surface area contributed by atoms with E-state index >= 15 is 0 Å². The third-order valence-electron chi connectivity index (χ3n) is 3.20. The van der Waals surface area contributed by atoms with Crippen LogP contribution in [0.3, 0.4) is 0 Å². The average molecular weight is 207 g/mol. The third kappa shape index (κ3) is 2.45. The Morgan fingerprint density at radius 2 is 2.27 bits per heavy atom. The second-order valence-corrected chi connectivity index (χ2v) is 4.26. The Kier molecular flexibility index (Phi) is 3.16. The van der Waals surface area contributed by atoms with Gasteiger partial charge in [-0.25, -0.2) is 9.78 Å². The van der Waals surface area contributed by atoms with Gasteiger partial charge in [0.1, 0.15) is 0 Å². The van der Waals surface area contributed by atoms with Crippen LogP contribution in [0.4, 0.5) is 0 Å². The average Bonchev–Trinajstić information content (AvgIpc) is 2.74. The molecule has 4 heteroatoms. The summed E-state index contributed by atoms with van der Waals surface area (Å²) in [4.78, 5) is 15.1. The summed E-state index contributed by atoms with van der Waals surface area (Å²) in [5, 5.41) is 0. The topological polar surface area (TPSA) is 60.9 Å². The first kappa shape index (κ1) is 10.4. The normalized spacial score (nSPS) is 19.3. The summed E-state index contributed by atoms with van der Waals surface area (Å²) in [6.45, 7) is 0.595. The van der Waals surface area contributed by atoms with Crippen molar-refractivity contribution < 1.29 is 0 Å². The van der Waals surface area contributed by atoms with Crippen LogP contribution >= 0.6 is 0 Å². The Bertz CT molecular complexity index is 368. The van der Waals surface area contributed by atoms with Gasteiger partial charge in [0.05, 0.1) is 0 Å². The Balaban J connectivity index is 2.02. The lowest BCUT2D eigenvalue weighted by Gasteiger charge is -2.19. The van der Waals surface area contributed by atoms with Gasteiger partial charge in [0.15, 0.2) is 0 Å². The van der Waals surface area contributed by atoms with Crippen LogP contribution in [0, 0.1) is 5.92 Å². The van der Waals surface area contributed by atoms with Gasteiger partial charge < -0.3 is 5.73 Å². The molecule has 2 N–H and O–H groups in total. The Labute approximate surface area is 89.1 Å². The molecule has 0 aromatic carbocycles. The van der Waals surface area contributed by atoms with Crippen LogP contribution in [0.5, 0.6) is 0 Å². The quantitative estimate of drug-likeness (QED) is 0.796. The summed E-state index contributed by atoms with van der Waals surface area (Å²) >= 11 is 0. The molecule has 1 fully saturated rings. The zero-order chi connectivity index (χ0) is 10.7. The van der Waals surface area contributed by atoms with Crippen LogP contribution in [0.1, 0.15) is 25.7 Å². The first-order chi connectivity index (χ1) is 7.27. The van der Waals surface area contributed by atoms with Gasteiger partial charge in [-0.05, 0) is 24.8 Å². The molecule has 0 spiro atoms. The predicted octanol–water partition coefficient (Wildman–Crippen LogP) is 0.761. The van der Waals surface area contributed by atoms with E-state index in [-0.39, 0.29) is 11.7 Å². The van der Waals surface area contributed by atoms with E-state index in [0.717, 1.165) is 0 Å². The molecule has 0 radical (unpaired) electrons. The molecule has 4 nitrogen and oxygen atoms in total. The summed E-state index contributed by atoms with van der Waals surface area (Å²) in [6, 6.07) is 1.86. The molecule has 15 heavy (non-hydrogen) atoms. The van der Waals surface area contributed by atoms with Crippen molar-refractivity contribution in [1.29, 1.82) is 0 Å². The molecule has 1 saturated carbocycles. The standard InChI is InChI=1S/C11H17N3O/c12-10(9-4-1-2-5-9)8-14-7-3-6-13-11(14)15/h3,6-7,9-10H,1-2,4-5,8,12H2. The first-order valence-corrected chi connectivity index (χ1v) is 5.54. The fourth-order valence-electron chi connectivity index (χ4n) is 2.29. The molecule has 1 aromatic heterocycles. The van der Waals surface area contributed by atoms with Crippen LogP contribution < -0.4 is 11.4 Å². The highest BCUT2D eigenvalue weighted by Gasteiger charge is 2.22. The highest BCUT2D eigenvalue weighted by atomic mass is 16.1. The summed E-state index contributed by atoms with van der Waals surface area (Å²) in [6.07, 6.45) is 8.23. The molecule has 1 aromatic rings. The highest BCUT2D eigenvalue weighted by Crippen LogP contribution is 2.27. The molecule has 1 aliphatic rings. The van der Waals surface area contributed by atoms with Crippen LogP contribution in [-0.4, -0.2) is 15.6 Å². The minimum Gasteiger partial charge on any atom is -0.326 e. The highest BCUT2D eigenvalue weighted by molar-refractivity contribution is 4.84. The molecular formula is C11H17N3O. The smallest absolute Gasteiger partial charge is 0.326 e. The van der Waals surface area contributed by atoms with Gasteiger partial charge in [0, 0.05) is 25.0 Å². The number of nitrogens with zero attached hydrogens (tertiary/aromatic N) is 2. The van der Waals surface area contributed by atoms with Gasteiger partial charge in [0.2, 0.25) is 0 Å². The van der Waals surface area contributed by atoms with E-state index in [0.29, 0.717) is 12.5 Å². The van der Waals surface area contributed by atoms with Gasteiger partial charge in [-0.2, -0.15) is 0 Å². The molecule has 1 heterocycles. The lowest BCUT2D eigenvalue weighted by atomic mass is 9.99. The zero-order valence-electron chi connectivity index (χ0n) is 8.80. The maximum absolute atomic E-state index is 11.4. The van der Waals surface area contributed by atoms with Crippen molar-refractivity contribution >= 4 is 0 Å². The van der Waals surface area contributed by atoms with Crippen molar-refractivity contribution in [1.82, 2.24) is 9.55 Å². The molecule has 1 unspecified atom stereocenters. The molecule has 82 valence electrons. The summed E-state index contributed by atoms with van der Waals surface area (Å²) in [7, 11) is 0. The van der Waals surface area contributed by atoms with Crippen molar-refractivity contribution in [3.05, 3.63) is 28.9 Å². The number of aromatic nitrogens is 2. The number of nitrogens with two attached hydrogens (primary N) is 1. The molecule has 1 aliphatic carbocycles. The largest absolute Gasteiger partial charge is 0.347 e. The summed E-state index contributed by atoms with van der Waals surface area (Å²) in [5.41, 5.74) is 5.89. The van der Waals surface area contributed by atoms with Gasteiger partial charge >= 0.3 is 5.69 Å². The Morgan fingerprint density at radius 1 is 1.53 bits per heavy atom. The molecule has 0 amide bonds. The first-order valence-electron chi connectivity index (χ1n) is 5.54. The van der Waals surface area contributed by atoms with Gasteiger partial charge in [-0.1, -0.05) is 12.8 Å². The lowest BCUT2D eigenvalue weighted by molar-refractivity contribution is 0.381. The van der Waals surface area contributed by atoms with E-state index in [9.17, 15) is 4.79 Å².